The Balaban J connectivity index is 1.19. The van der Waals surface area contributed by atoms with Gasteiger partial charge in [0.15, 0.2) is 0 Å². The third-order valence-electron chi connectivity index (χ3n) is 13.3. The summed E-state index contributed by atoms with van der Waals surface area (Å²) in [5.41, 5.74) is 15.3. The topological polar surface area (TPSA) is 38.6 Å². The number of para-hydroxylation sites is 1. The van der Waals surface area contributed by atoms with Gasteiger partial charge in [-0.2, -0.15) is 0 Å². The zero-order valence-corrected chi connectivity index (χ0v) is 33.4. The van der Waals surface area contributed by atoms with E-state index in [2.05, 4.69) is 173 Å². The van der Waals surface area contributed by atoms with E-state index in [4.69, 9.17) is 13.8 Å². The van der Waals surface area contributed by atoms with Gasteiger partial charge in [0, 0.05) is 39.3 Å². The Hall–Kier alpha value is -5.93. The molecule has 3 nitrogen and oxygen atoms in total. The maximum Gasteiger partial charge on any atom is 0.135 e. The van der Waals surface area contributed by atoms with E-state index in [1.807, 2.05) is 0 Å². The van der Waals surface area contributed by atoms with Crippen molar-refractivity contribution in [1.29, 1.82) is 0 Å². The quantitative estimate of drug-likeness (QED) is 0.170. The molecule has 5 aromatic carbocycles. The molecule has 3 heterocycles. The highest BCUT2D eigenvalue weighted by Crippen LogP contribution is 2.50. The number of rotatable bonds is 6. The molecule has 0 amide bonds. The van der Waals surface area contributed by atoms with Gasteiger partial charge in [-0.3, -0.25) is 4.99 Å². The smallest absolute Gasteiger partial charge is 0.135 e. The van der Waals surface area contributed by atoms with Gasteiger partial charge in [-0.25, -0.2) is 0 Å². The third-order valence-corrected chi connectivity index (χ3v) is 13.3. The number of benzene rings is 5. The van der Waals surface area contributed by atoms with Gasteiger partial charge in [0.1, 0.15) is 22.5 Å². The lowest BCUT2D eigenvalue weighted by atomic mass is 9.74. The van der Waals surface area contributed by atoms with E-state index in [9.17, 15) is 0 Å². The molecule has 4 unspecified atom stereocenters. The summed E-state index contributed by atoms with van der Waals surface area (Å²) in [7, 11) is 0. The largest absolute Gasteiger partial charge is 0.456 e. The molecule has 4 atom stereocenters. The average Bonchev–Trinajstić information content (AvgIpc) is 3.84. The summed E-state index contributed by atoms with van der Waals surface area (Å²) in [6, 6.07) is 41.6. The number of nitrogens with zero attached hydrogens (tertiary/aromatic N) is 1. The van der Waals surface area contributed by atoms with Crippen LogP contribution < -0.4 is 0 Å². The van der Waals surface area contributed by atoms with E-state index in [1.165, 1.54) is 66.3 Å². The van der Waals surface area contributed by atoms with E-state index in [0.717, 1.165) is 60.3 Å². The molecule has 0 saturated carbocycles. The maximum atomic E-state index is 6.83. The van der Waals surface area contributed by atoms with Crippen LogP contribution in [0.4, 0.5) is 0 Å². The summed E-state index contributed by atoms with van der Waals surface area (Å²) in [4.78, 5) is 6.08. The van der Waals surface area contributed by atoms with E-state index in [-0.39, 0.29) is 11.8 Å². The highest BCUT2D eigenvalue weighted by Gasteiger charge is 2.38. The number of fused-ring (bicyclic) bond motifs is 6. The molecule has 7 aromatic rings. The van der Waals surface area contributed by atoms with Crippen LogP contribution >= 0.6 is 0 Å². The molecule has 57 heavy (non-hydrogen) atoms. The summed E-state index contributed by atoms with van der Waals surface area (Å²) in [5.74, 6) is 1.75. The van der Waals surface area contributed by atoms with Crippen LogP contribution in [-0.4, -0.2) is 5.71 Å². The monoisotopic (exact) mass is 743 g/mol. The fraction of sp³-hybridized carbons (Fsp3) is 0.241. The van der Waals surface area contributed by atoms with Crippen molar-refractivity contribution in [2.45, 2.75) is 71.3 Å². The van der Waals surface area contributed by atoms with Gasteiger partial charge < -0.3 is 8.83 Å². The summed E-state index contributed by atoms with van der Waals surface area (Å²) < 4.78 is 13.3. The SMILES string of the molecule is CCC1(c2cccc3oc4cccc(C5CC=Cc6oc7ccccc7c65)c4c23)CC/C(C2=CC=CC(C)C2)=C(\C)C(C)/C(c2ccc(-c3ccccc3)cc2)=N\1. The van der Waals surface area contributed by atoms with E-state index >= 15 is 0 Å². The van der Waals surface area contributed by atoms with Crippen LogP contribution in [0, 0.1) is 11.8 Å². The van der Waals surface area contributed by atoms with Gasteiger partial charge in [0.2, 0.25) is 0 Å². The van der Waals surface area contributed by atoms with Crippen LogP contribution in [0.15, 0.2) is 170 Å². The normalized spacial score (nSPS) is 24.6. The number of allylic oxidation sites excluding steroid dienone is 7. The lowest BCUT2D eigenvalue weighted by Crippen LogP contribution is -2.30. The Bertz CT molecular complexity index is 2820. The minimum atomic E-state index is -0.492. The van der Waals surface area contributed by atoms with Crippen molar-refractivity contribution >= 4 is 44.7 Å². The van der Waals surface area contributed by atoms with Gasteiger partial charge in [0.05, 0.1) is 5.54 Å². The van der Waals surface area contributed by atoms with Crippen LogP contribution in [0.5, 0.6) is 0 Å². The Morgan fingerprint density at radius 3 is 2.26 bits per heavy atom. The summed E-state index contributed by atoms with van der Waals surface area (Å²) in [6.45, 7) is 9.41. The van der Waals surface area contributed by atoms with Crippen molar-refractivity contribution in [2.75, 3.05) is 0 Å². The van der Waals surface area contributed by atoms with Crippen molar-refractivity contribution in [2.24, 2.45) is 16.8 Å². The second-order valence-corrected chi connectivity index (χ2v) is 16.5. The zero-order valence-electron chi connectivity index (χ0n) is 33.4. The molecular weight excluding hydrogens is 695 g/mol. The standard InChI is InChI=1S/C54H49NO2/c1-5-54(32-31-41(40-18-11-15-34(2)33-40)35(3)36(4)53(55-54)39-29-27-38(28-30-39)37-16-7-6-8-17-37)45-22-14-26-49-52(45)51-43(21-13-25-48(51)57-49)42-20-12-24-47-50(42)44-19-9-10-23-46(44)56-47/h6-19,21-30,34,36,42H,5,20,31-33H2,1-4H3/b41-35-,55-53+. The molecule has 282 valence electrons. The first-order valence-corrected chi connectivity index (χ1v) is 20.9. The molecular formula is C54H49NO2. The predicted octanol–water partition coefficient (Wildman–Crippen LogP) is 14.9. The van der Waals surface area contributed by atoms with Crippen LogP contribution in [-0.2, 0) is 5.54 Å². The number of hydrogen-bond acceptors (Lipinski definition) is 3. The van der Waals surface area contributed by atoms with Gasteiger partial charge in [-0.05, 0) is 108 Å². The summed E-state index contributed by atoms with van der Waals surface area (Å²) in [5, 5.41) is 3.59. The van der Waals surface area contributed by atoms with Crippen LogP contribution in [0.1, 0.15) is 93.7 Å². The Morgan fingerprint density at radius 1 is 0.737 bits per heavy atom. The minimum Gasteiger partial charge on any atom is -0.456 e. The van der Waals surface area contributed by atoms with Gasteiger partial charge in [-0.1, -0.05) is 148 Å². The van der Waals surface area contributed by atoms with Crippen LogP contribution in [0.3, 0.4) is 0 Å². The van der Waals surface area contributed by atoms with E-state index in [0.29, 0.717) is 5.92 Å². The molecule has 10 rings (SSSR count). The van der Waals surface area contributed by atoms with Crippen molar-refractivity contribution in [1.82, 2.24) is 0 Å². The molecule has 2 aromatic heterocycles. The lowest BCUT2D eigenvalue weighted by Gasteiger charge is -2.36. The fourth-order valence-electron chi connectivity index (χ4n) is 10.1. The number of aliphatic imine (C=N–C) groups is 1. The van der Waals surface area contributed by atoms with Crippen molar-refractivity contribution in [3.63, 3.8) is 0 Å². The lowest BCUT2D eigenvalue weighted by molar-refractivity contribution is 0.395. The minimum absolute atomic E-state index is 0.133. The molecule has 0 saturated heterocycles. The first-order valence-electron chi connectivity index (χ1n) is 20.9. The Labute approximate surface area is 335 Å². The highest BCUT2D eigenvalue weighted by molar-refractivity contribution is 6.10. The van der Waals surface area contributed by atoms with Gasteiger partial charge in [-0.15, -0.1) is 0 Å². The fourth-order valence-corrected chi connectivity index (χ4v) is 10.1. The zero-order chi connectivity index (χ0) is 38.7. The number of hydrogen-bond donors (Lipinski definition) is 0. The first-order chi connectivity index (χ1) is 27.9. The Kier molecular flexibility index (Phi) is 8.85. The molecule has 1 aliphatic heterocycles. The second kappa shape index (κ2) is 14.2. The first kappa shape index (κ1) is 35.5. The maximum absolute atomic E-state index is 6.83. The van der Waals surface area contributed by atoms with E-state index < -0.39 is 5.54 Å². The van der Waals surface area contributed by atoms with Crippen molar-refractivity contribution < 1.29 is 8.83 Å². The summed E-state index contributed by atoms with van der Waals surface area (Å²) >= 11 is 0. The molecule has 3 aliphatic rings. The number of furan rings is 2. The summed E-state index contributed by atoms with van der Waals surface area (Å²) in [6.07, 6.45) is 16.1. The highest BCUT2D eigenvalue weighted by atomic mass is 16.3. The molecule has 0 N–H and O–H groups in total. The van der Waals surface area contributed by atoms with E-state index in [1.54, 1.807) is 0 Å². The molecule has 3 heteroatoms. The molecule has 0 bridgehead atoms. The molecule has 2 aliphatic carbocycles. The van der Waals surface area contributed by atoms with Gasteiger partial charge in [0.25, 0.3) is 0 Å². The predicted molar refractivity (Wildman–Crippen MR) is 238 cm³/mol. The van der Waals surface area contributed by atoms with Crippen molar-refractivity contribution in [3.8, 4) is 11.1 Å². The van der Waals surface area contributed by atoms with Crippen LogP contribution in [0.2, 0.25) is 0 Å². The second-order valence-electron chi connectivity index (χ2n) is 16.5. The third kappa shape index (κ3) is 5.98. The molecule has 0 fully saturated rings. The van der Waals surface area contributed by atoms with Crippen LogP contribution in [0.25, 0.3) is 50.1 Å². The molecule has 0 spiro atoms. The average molecular weight is 744 g/mol. The van der Waals surface area contributed by atoms with Crippen molar-refractivity contribution in [3.05, 3.63) is 184 Å². The Morgan fingerprint density at radius 2 is 1.46 bits per heavy atom. The molecule has 0 radical (unpaired) electrons. The van der Waals surface area contributed by atoms with Gasteiger partial charge >= 0.3 is 0 Å².